The molecule has 122 heavy (non-hydrogen) atoms. The second kappa shape index (κ2) is 72.9. The van der Waals surface area contributed by atoms with E-state index in [4.69, 9.17) is 56.8 Å². The maximum atomic E-state index is 14.2. The molecule has 1 saturated heterocycles. The van der Waals surface area contributed by atoms with Crippen LogP contribution in [0.15, 0.2) is 0 Å². The van der Waals surface area contributed by atoms with Crippen molar-refractivity contribution in [2.45, 2.75) is 124 Å². The van der Waals surface area contributed by atoms with Crippen molar-refractivity contribution in [1.29, 1.82) is 0 Å². The van der Waals surface area contributed by atoms with Crippen molar-refractivity contribution in [1.82, 2.24) is 30.2 Å². The molecule has 1 fully saturated rings. The number of rotatable bonds is 80. The van der Waals surface area contributed by atoms with Gasteiger partial charge in [-0.05, 0) is 25.7 Å². The zero-order valence-corrected chi connectivity index (χ0v) is 69.8. The van der Waals surface area contributed by atoms with E-state index >= 15 is 0 Å². The summed E-state index contributed by atoms with van der Waals surface area (Å²) in [5.41, 5.74) is 0. The lowest BCUT2D eigenvalue weighted by Crippen LogP contribution is -2.56. The predicted molar refractivity (Wildman–Crippen MR) is 423 cm³/mol. The average Bonchev–Trinajstić information content (AvgIpc) is 0.838. The molecular formula is C76H142N6O40. The molecule has 1 rings (SSSR count). The van der Waals surface area contributed by atoms with Crippen LogP contribution in [0.2, 0.25) is 0 Å². The maximum absolute atomic E-state index is 14.2. The Labute approximate surface area is 710 Å². The van der Waals surface area contributed by atoms with Gasteiger partial charge in [-0.1, -0.05) is 0 Å². The van der Waals surface area contributed by atoms with E-state index in [1.807, 2.05) is 0 Å². The van der Waals surface area contributed by atoms with Crippen molar-refractivity contribution in [3.63, 3.8) is 0 Å². The van der Waals surface area contributed by atoms with Crippen LogP contribution in [0.1, 0.15) is 51.4 Å². The molecule has 4 atom stereocenters. The Morgan fingerprint density at radius 3 is 0.574 bits per heavy atom. The number of hydrogen-bond acceptors (Lipinski definition) is 40. The highest BCUT2D eigenvalue weighted by atomic mass is 16.6. The number of aliphatic carboxylic acids is 4. The lowest BCUT2D eigenvalue weighted by molar-refractivity contribution is -0.148. The number of nitrogens with zero attached hydrogens (tertiary/aromatic N) is 4. The topological polar surface area (TPSA) is 689 Å². The number of nitrogens with one attached hydrogen (secondary N) is 2. The molecule has 1 aliphatic rings. The smallest absolute Gasteiger partial charge is 0.320 e. The highest BCUT2D eigenvalue weighted by Crippen LogP contribution is 2.20. The molecule has 46 nitrogen and oxygen atoms in total. The second-order valence-corrected chi connectivity index (χ2v) is 29.6. The SMILES string of the molecule is O=CCCC(C(=O)O)N1CCN(C(CCC=O)C(=O)O)CCN(C(CCC(=O)NCC(COCC(COC(CO)CO)COC(CO)CO)COCC(COC(CO)CO)COC(CO)CO)C(=O)O)CCN(C(CCC(=O)NCC(COCC(COC(CO)CO)COC(CO)CO)COCC(COC(CO)CO)COC(CO)CO)C(=O)O)CC1. The van der Waals surface area contributed by atoms with Crippen LogP contribution >= 0.6 is 0 Å². The largest absolute Gasteiger partial charge is 0.480 e. The third kappa shape index (κ3) is 51.0. The van der Waals surface area contributed by atoms with Gasteiger partial charge in [-0.15, -0.1) is 0 Å². The first kappa shape index (κ1) is 115. The summed E-state index contributed by atoms with van der Waals surface area (Å²) in [6.45, 7) is -14.0. The van der Waals surface area contributed by atoms with Crippen LogP contribution in [-0.4, -0.2) is 520 Å². The fourth-order valence-corrected chi connectivity index (χ4v) is 12.2. The monoisotopic (exact) mass is 1780 g/mol. The quantitative estimate of drug-likeness (QED) is 0.0251. The lowest BCUT2D eigenvalue weighted by Gasteiger charge is -2.39. The summed E-state index contributed by atoms with van der Waals surface area (Å²) in [5, 5.41) is 204. The van der Waals surface area contributed by atoms with Gasteiger partial charge in [0.1, 0.15) is 85.6 Å². The predicted octanol–water partition coefficient (Wildman–Crippen LogP) is -10.5. The van der Waals surface area contributed by atoms with Gasteiger partial charge in [0.25, 0.3) is 0 Å². The molecule has 0 saturated carbocycles. The molecule has 0 bridgehead atoms. The summed E-state index contributed by atoms with van der Waals surface area (Å²) in [5.74, 6) is -11.2. The summed E-state index contributed by atoms with van der Waals surface area (Å²) in [6.07, 6.45) is -9.75. The van der Waals surface area contributed by atoms with Gasteiger partial charge in [0, 0.05) is 127 Å². The van der Waals surface area contributed by atoms with Gasteiger partial charge in [-0.25, -0.2) is 0 Å². The van der Waals surface area contributed by atoms with E-state index in [1.54, 1.807) is 0 Å². The second-order valence-electron chi connectivity index (χ2n) is 29.6. The molecule has 0 aromatic carbocycles. The number of ether oxygens (including phenoxy) is 12. The van der Waals surface area contributed by atoms with Crippen LogP contribution in [-0.2, 0) is 95.2 Å². The van der Waals surface area contributed by atoms with Crippen molar-refractivity contribution in [2.24, 2.45) is 35.5 Å². The number of hydrogen-bond donors (Lipinski definition) is 22. The summed E-state index contributed by atoms with van der Waals surface area (Å²) in [4.78, 5) is 111. The van der Waals surface area contributed by atoms with Crippen LogP contribution in [0.5, 0.6) is 0 Å². The molecule has 22 N–H and O–H groups in total. The highest BCUT2D eigenvalue weighted by Gasteiger charge is 2.37. The number of aliphatic hydroxyl groups is 16. The van der Waals surface area contributed by atoms with Crippen LogP contribution in [0.3, 0.4) is 0 Å². The summed E-state index contributed by atoms with van der Waals surface area (Å²) < 4.78 is 69.5. The minimum atomic E-state index is -1.59. The lowest BCUT2D eigenvalue weighted by atomic mass is 10.1. The normalized spacial score (nSPS) is 15.3. The zero-order valence-electron chi connectivity index (χ0n) is 69.8. The first-order chi connectivity index (χ1) is 58.8. The van der Waals surface area contributed by atoms with E-state index in [0.29, 0.717) is 12.6 Å². The molecule has 0 spiro atoms. The molecule has 716 valence electrons. The van der Waals surface area contributed by atoms with Gasteiger partial charge < -0.3 is 179 Å². The van der Waals surface area contributed by atoms with Gasteiger partial charge >= 0.3 is 23.9 Å². The van der Waals surface area contributed by atoms with Crippen molar-refractivity contribution >= 4 is 48.3 Å². The van der Waals surface area contributed by atoms with E-state index in [2.05, 4.69) is 10.6 Å². The number of carbonyl (C=O) groups is 8. The average molecular weight is 1780 g/mol. The molecule has 0 aromatic rings. The van der Waals surface area contributed by atoms with E-state index in [-0.39, 0.29) is 197 Å². The Balaban J connectivity index is 4.00. The minimum absolute atomic E-state index is 0.144. The zero-order chi connectivity index (χ0) is 90.8. The molecule has 1 heterocycles. The standard InChI is InChI=1S/C76H142N6O40/c83-17-1-3-67(73(103)104)79-9-10-80(68(74(105)106)4-2-18-84)12-14-82(70(76(109)110)6-8-72(102)78-20-54(39-113-43-57(49-119-63(29-93)30-94)50-120-64(31-95)32-96)40-114-44-58(51-121-65(33-97)34-98)52-122-66(35-99)36-100)16-15-81(13-11-79)69(75(107)108)5-7-71(101)77-19-53(37-111-41-55(45-115-59(21-85)22-86)46-116-60(23-87)24-88)38-112-42-56(47-117-61(25-89)26-90)48-118-62(27-91)28-92/h17-18,53-70,85-100H,1-16,19-52H2,(H,77,101)(H,78,102)(H,103,104)(H,105,106)(H,107,108)(H,109,110). The Morgan fingerprint density at radius 2 is 0.418 bits per heavy atom. The van der Waals surface area contributed by atoms with Crippen molar-refractivity contribution in [2.75, 3.05) is 277 Å². The number of aliphatic hydroxyl groups excluding tert-OH is 16. The molecular weight excluding hydrogens is 1640 g/mol. The van der Waals surface area contributed by atoms with Gasteiger partial charge in [-0.2, -0.15) is 0 Å². The first-order valence-electron chi connectivity index (χ1n) is 41.1. The van der Waals surface area contributed by atoms with E-state index in [0.717, 1.165) is 0 Å². The van der Waals surface area contributed by atoms with Gasteiger partial charge in [-0.3, -0.25) is 48.4 Å². The van der Waals surface area contributed by atoms with Gasteiger partial charge in [0.2, 0.25) is 11.8 Å². The number of carboxylic acid groups (broad SMARTS) is 4. The molecule has 46 heteroatoms. The fourth-order valence-electron chi connectivity index (χ4n) is 12.2. The minimum Gasteiger partial charge on any atom is -0.480 e. The van der Waals surface area contributed by atoms with Crippen LogP contribution in [0.25, 0.3) is 0 Å². The number of amides is 2. The van der Waals surface area contributed by atoms with Gasteiger partial charge in [0.05, 0.1) is 211 Å². The van der Waals surface area contributed by atoms with Crippen molar-refractivity contribution in [3.8, 4) is 0 Å². The summed E-state index contributed by atoms with van der Waals surface area (Å²) in [6, 6.07) is -5.99. The number of aldehydes is 2. The fraction of sp³-hybridized carbons (Fsp3) is 0.895. The Bertz CT molecular complexity index is 2320. The first-order valence-corrected chi connectivity index (χ1v) is 41.1. The van der Waals surface area contributed by atoms with Crippen LogP contribution < -0.4 is 10.6 Å². The molecule has 4 unspecified atom stereocenters. The van der Waals surface area contributed by atoms with Crippen molar-refractivity contribution < 1.29 is 197 Å². The van der Waals surface area contributed by atoms with E-state index < -0.39 is 276 Å². The Kier molecular flexibility index (Phi) is 68.6. The molecule has 0 aliphatic carbocycles. The van der Waals surface area contributed by atoms with Crippen LogP contribution in [0.4, 0.5) is 0 Å². The Hall–Kier alpha value is -5.12. The van der Waals surface area contributed by atoms with Crippen LogP contribution in [0, 0.1) is 35.5 Å². The molecule has 0 aromatic heterocycles. The molecule has 1 aliphatic heterocycles. The van der Waals surface area contributed by atoms with Gasteiger partial charge in [0.15, 0.2) is 0 Å². The third-order valence-corrected chi connectivity index (χ3v) is 19.8. The highest BCUT2D eigenvalue weighted by molar-refractivity contribution is 5.79. The summed E-state index contributed by atoms with van der Waals surface area (Å²) in [7, 11) is 0. The number of carbonyl (C=O) groups excluding carboxylic acids is 4. The molecule has 0 radical (unpaired) electrons. The molecule has 2 amide bonds. The van der Waals surface area contributed by atoms with E-state index in [9.17, 15) is 140 Å². The third-order valence-electron chi connectivity index (χ3n) is 19.8. The van der Waals surface area contributed by atoms with Crippen molar-refractivity contribution in [3.05, 3.63) is 0 Å². The maximum Gasteiger partial charge on any atom is 0.320 e. The Morgan fingerprint density at radius 1 is 0.254 bits per heavy atom. The summed E-state index contributed by atoms with van der Waals surface area (Å²) >= 11 is 0. The van der Waals surface area contributed by atoms with E-state index in [1.165, 1.54) is 19.6 Å². The number of carboxylic acids is 4.